The summed E-state index contributed by atoms with van der Waals surface area (Å²) in [6.07, 6.45) is 1.64. The lowest BCUT2D eigenvalue weighted by molar-refractivity contribution is 0.0937. The molecule has 0 aliphatic heterocycles. The molecule has 3 heterocycles. The molecule has 0 radical (unpaired) electrons. The number of carbonyl (C=O) groups excluding carboxylic acids is 1. The van der Waals surface area contributed by atoms with Crippen LogP contribution < -0.4 is 21.1 Å². The molecule has 8 nitrogen and oxygen atoms in total. The summed E-state index contributed by atoms with van der Waals surface area (Å²) in [4.78, 5) is 31.5. The fourth-order valence-electron chi connectivity index (χ4n) is 4.23. The van der Waals surface area contributed by atoms with Crippen molar-refractivity contribution in [3.63, 3.8) is 0 Å². The van der Waals surface area contributed by atoms with Crippen molar-refractivity contribution in [2.24, 2.45) is 0 Å². The van der Waals surface area contributed by atoms with Crippen molar-refractivity contribution in [2.45, 2.75) is 19.5 Å². The molecular weight excluding hydrogens is 454 g/mol. The Kier molecular flexibility index (Phi) is 6.08. The third-order valence-electron chi connectivity index (χ3n) is 6.21. The second-order valence-corrected chi connectivity index (χ2v) is 8.53. The van der Waals surface area contributed by atoms with Gasteiger partial charge in [-0.25, -0.2) is 4.98 Å². The van der Waals surface area contributed by atoms with Crippen LogP contribution in [0.3, 0.4) is 0 Å². The normalized spacial score (nSPS) is 11.9. The van der Waals surface area contributed by atoms with Gasteiger partial charge in [0.05, 0.1) is 30.6 Å². The van der Waals surface area contributed by atoms with Crippen molar-refractivity contribution in [3.8, 4) is 5.75 Å². The SMILES string of the molecule is COc1ccc(Cn2c(=N)c(C(=O)N[C@H](C)c3ccccc3)cc3c(=O)n4ccccc4nc32)cc1. The van der Waals surface area contributed by atoms with E-state index in [2.05, 4.69) is 10.3 Å². The molecule has 1 atom stereocenters. The summed E-state index contributed by atoms with van der Waals surface area (Å²) >= 11 is 0. The minimum absolute atomic E-state index is 0.0248. The van der Waals surface area contributed by atoms with Gasteiger partial charge in [0.1, 0.15) is 22.5 Å². The maximum Gasteiger partial charge on any atom is 0.267 e. The number of carbonyl (C=O) groups is 1. The molecule has 2 N–H and O–H groups in total. The Balaban J connectivity index is 1.67. The van der Waals surface area contributed by atoms with Crippen LogP contribution in [0.15, 0.2) is 89.9 Å². The third-order valence-corrected chi connectivity index (χ3v) is 6.21. The first-order valence-corrected chi connectivity index (χ1v) is 11.5. The number of amides is 1. The third kappa shape index (κ3) is 4.24. The second kappa shape index (κ2) is 9.50. The lowest BCUT2D eigenvalue weighted by Crippen LogP contribution is -2.36. The molecule has 3 aromatic heterocycles. The molecule has 180 valence electrons. The summed E-state index contributed by atoms with van der Waals surface area (Å²) in [6.45, 7) is 2.14. The minimum atomic E-state index is -0.431. The molecule has 0 saturated heterocycles. The molecule has 0 unspecified atom stereocenters. The molecule has 36 heavy (non-hydrogen) atoms. The lowest BCUT2D eigenvalue weighted by atomic mass is 10.1. The summed E-state index contributed by atoms with van der Waals surface area (Å²) in [7, 11) is 1.60. The number of rotatable bonds is 6. The van der Waals surface area contributed by atoms with Crippen LogP contribution in [0.5, 0.6) is 5.75 Å². The molecule has 8 heteroatoms. The zero-order valence-electron chi connectivity index (χ0n) is 19.9. The Hall–Kier alpha value is -4.72. The monoisotopic (exact) mass is 479 g/mol. The average molecular weight is 480 g/mol. The zero-order valence-corrected chi connectivity index (χ0v) is 19.9. The van der Waals surface area contributed by atoms with Gasteiger partial charge in [-0.2, -0.15) is 0 Å². The van der Waals surface area contributed by atoms with Gasteiger partial charge in [0, 0.05) is 6.20 Å². The lowest BCUT2D eigenvalue weighted by Gasteiger charge is -2.17. The van der Waals surface area contributed by atoms with Gasteiger partial charge in [0.2, 0.25) is 0 Å². The van der Waals surface area contributed by atoms with E-state index in [1.165, 1.54) is 10.5 Å². The van der Waals surface area contributed by atoms with Crippen LogP contribution in [0.1, 0.15) is 34.5 Å². The minimum Gasteiger partial charge on any atom is -0.497 e. The molecule has 2 aromatic carbocycles. The maximum absolute atomic E-state index is 13.4. The molecule has 0 saturated carbocycles. The predicted molar refractivity (Wildman–Crippen MR) is 137 cm³/mol. The van der Waals surface area contributed by atoms with E-state index in [-0.39, 0.29) is 34.6 Å². The van der Waals surface area contributed by atoms with Gasteiger partial charge in [0.25, 0.3) is 11.5 Å². The highest BCUT2D eigenvalue weighted by Crippen LogP contribution is 2.16. The van der Waals surface area contributed by atoms with Crippen molar-refractivity contribution in [1.82, 2.24) is 19.3 Å². The van der Waals surface area contributed by atoms with Gasteiger partial charge in [-0.05, 0) is 48.4 Å². The Bertz CT molecular complexity index is 1690. The van der Waals surface area contributed by atoms with Crippen LogP contribution in [-0.2, 0) is 6.54 Å². The van der Waals surface area contributed by atoms with Crippen LogP contribution >= 0.6 is 0 Å². The molecule has 0 bridgehead atoms. The standard InChI is InChI=1S/C28H25N5O3/c1-18(20-8-4-3-5-9-20)30-27(34)22-16-23-26(31-24-10-6-7-15-32(24)28(23)35)33(25(22)29)17-19-11-13-21(36-2)14-12-19/h3-16,18,29H,17H2,1-2H3,(H,30,34)/t18-/m1/s1. The summed E-state index contributed by atoms with van der Waals surface area (Å²) in [5, 5.41) is 12.2. The van der Waals surface area contributed by atoms with Crippen molar-refractivity contribution in [2.75, 3.05) is 7.11 Å². The highest BCUT2D eigenvalue weighted by molar-refractivity contribution is 5.97. The van der Waals surface area contributed by atoms with E-state index in [1.807, 2.05) is 61.5 Å². The van der Waals surface area contributed by atoms with Gasteiger partial charge in [-0.3, -0.25) is 19.4 Å². The molecule has 0 aliphatic carbocycles. The number of hydrogen-bond acceptors (Lipinski definition) is 5. The van der Waals surface area contributed by atoms with Gasteiger partial charge in [-0.15, -0.1) is 0 Å². The van der Waals surface area contributed by atoms with E-state index >= 15 is 0 Å². The Labute approximate surface area is 207 Å². The van der Waals surface area contributed by atoms with Crippen LogP contribution in [0.4, 0.5) is 0 Å². The zero-order chi connectivity index (χ0) is 25.2. The molecule has 0 fully saturated rings. The van der Waals surface area contributed by atoms with Crippen molar-refractivity contribution < 1.29 is 9.53 Å². The molecule has 0 spiro atoms. The Morgan fingerprint density at radius 1 is 1.06 bits per heavy atom. The summed E-state index contributed by atoms with van der Waals surface area (Å²) in [6, 6.07) is 23.5. The smallest absolute Gasteiger partial charge is 0.267 e. The number of aromatic nitrogens is 3. The highest BCUT2D eigenvalue weighted by atomic mass is 16.5. The Morgan fingerprint density at radius 2 is 1.78 bits per heavy atom. The van der Waals surface area contributed by atoms with E-state index in [0.29, 0.717) is 17.0 Å². The first kappa shape index (κ1) is 23.0. The number of benzene rings is 2. The van der Waals surface area contributed by atoms with Crippen molar-refractivity contribution in [1.29, 1.82) is 5.41 Å². The number of methoxy groups -OCH3 is 1. The van der Waals surface area contributed by atoms with Gasteiger partial charge < -0.3 is 14.6 Å². The van der Waals surface area contributed by atoms with Crippen molar-refractivity contribution >= 4 is 22.6 Å². The maximum atomic E-state index is 13.4. The molecule has 5 aromatic rings. The molecular formula is C28H25N5O3. The fraction of sp³-hybridized carbons (Fsp3) is 0.143. The van der Waals surface area contributed by atoms with Gasteiger partial charge in [0.15, 0.2) is 0 Å². The van der Waals surface area contributed by atoms with Crippen molar-refractivity contribution in [3.05, 3.63) is 118 Å². The number of pyridine rings is 2. The number of ether oxygens (including phenoxy) is 1. The van der Waals surface area contributed by atoms with E-state index in [4.69, 9.17) is 10.1 Å². The summed E-state index contributed by atoms with van der Waals surface area (Å²) in [5.74, 6) is 0.282. The first-order valence-electron chi connectivity index (χ1n) is 11.5. The molecule has 5 rings (SSSR count). The van der Waals surface area contributed by atoms with Crippen LogP contribution in [0.2, 0.25) is 0 Å². The number of fused-ring (bicyclic) bond motifs is 2. The molecule has 0 aliphatic rings. The first-order chi connectivity index (χ1) is 17.5. The van der Waals surface area contributed by atoms with Crippen LogP contribution in [-0.4, -0.2) is 27.0 Å². The van der Waals surface area contributed by atoms with E-state index in [0.717, 1.165) is 11.1 Å². The van der Waals surface area contributed by atoms with Crippen LogP contribution in [0, 0.1) is 5.41 Å². The second-order valence-electron chi connectivity index (χ2n) is 8.53. The van der Waals surface area contributed by atoms with E-state index < -0.39 is 5.91 Å². The number of hydrogen-bond donors (Lipinski definition) is 2. The quantitative estimate of drug-likeness (QED) is 0.363. The number of nitrogens with one attached hydrogen (secondary N) is 2. The fourth-order valence-corrected chi connectivity index (χ4v) is 4.23. The number of nitrogens with zero attached hydrogens (tertiary/aromatic N) is 3. The Morgan fingerprint density at radius 3 is 2.50 bits per heavy atom. The van der Waals surface area contributed by atoms with Crippen LogP contribution in [0.25, 0.3) is 16.7 Å². The summed E-state index contributed by atoms with van der Waals surface area (Å²) in [5.41, 5.74) is 2.41. The average Bonchev–Trinajstić information content (AvgIpc) is 2.91. The largest absolute Gasteiger partial charge is 0.497 e. The summed E-state index contributed by atoms with van der Waals surface area (Å²) < 4.78 is 8.30. The van der Waals surface area contributed by atoms with Gasteiger partial charge >= 0.3 is 0 Å². The topological polar surface area (TPSA) is 101 Å². The van der Waals surface area contributed by atoms with Gasteiger partial charge in [-0.1, -0.05) is 48.5 Å². The molecule has 1 amide bonds. The van der Waals surface area contributed by atoms with E-state index in [1.54, 1.807) is 36.1 Å². The highest BCUT2D eigenvalue weighted by Gasteiger charge is 2.19. The predicted octanol–water partition coefficient (Wildman–Crippen LogP) is 3.68. The van der Waals surface area contributed by atoms with E-state index in [9.17, 15) is 9.59 Å².